The molecule has 7 nitrogen and oxygen atoms in total. The molecule has 0 spiro atoms. The van der Waals surface area contributed by atoms with E-state index in [1.165, 1.54) is 4.90 Å². The lowest BCUT2D eigenvalue weighted by Crippen LogP contribution is -2.54. The van der Waals surface area contributed by atoms with Crippen molar-refractivity contribution < 1.29 is 19.5 Å². The van der Waals surface area contributed by atoms with Crippen LogP contribution in [0.25, 0.3) is 11.1 Å². The van der Waals surface area contributed by atoms with Crippen molar-refractivity contribution in [2.75, 3.05) is 20.1 Å². The summed E-state index contributed by atoms with van der Waals surface area (Å²) in [6.45, 7) is 6.34. The van der Waals surface area contributed by atoms with Crippen molar-refractivity contribution in [2.24, 2.45) is 11.1 Å². The van der Waals surface area contributed by atoms with E-state index in [1.54, 1.807) is 18.0 Å². The maximum atomic E-state index is 14.1. The SMILES string of the molecule is C/C(=C\C(=O)N(C)[C@H](Cc1ccc(-c2ccccc2)cc1)C(=O)N1CCC(Cc2ccccc2)(C(=O)O)CC1)CC(C)(C)N. The fourth-order valence-corrected chi connectivity index (χ4v) is 6.13. The van der Waals surface area contributed by atoms with Gasteiger partial charge in [0.05, 0.1) is 5.41 Å². The van der Waals surface area contributed by atoms with Crippen molar-refractivity contribution in [3.05, 3.63) is 108 Å². The van der Waals surface area contributed by atoms with Gasteiger partial charge >= 0.3 is 5.97 Å². The minimum atomic E-state index is -0.933. The van der Waals surface area contributed by atoms with Crippen LogP contribution in [0, 0.1) is 5.41 Å². The van der Waals surface area contributed by atoms with Gasteiger partial charge in [-0.25, -0.2) is 0 Å². The van der Waals surface area contributed by atoms with E-state index < -0.39 is 23.0 Å². The number of likely N-dealkylation sites (N-methyl/N-ethyl adjacent to an activating group) is 1. The van der Waals surface area contributed by atoms with Crippen LogP contribution in [0.15, 0.2) is 96.6 Å². The van der Waals surface area contributed by atoms with Gasteiger partial charge in [-0.1, -0.05) is 90.5 Å². The molecule has 0 aromatic heterocycles. The summed E-state index contributed by atoms with van der Waals surface area (Å²) in [4.78, 5) is 43.3. The first-order chi connectivity index (χ1) is 20.9. The molecule has 0 saturated carbocycles. The first kappa shape index (κ1) is 32.7. The number of carbonyl (C=O) groups excluding carboxylic acids is 2. The van der Waals surface area contributed by atoms with Crippen LogP contribution in [0.1, 0.15) is 51.2 Å². The van der Waals surface area contributed by atoms with Gasteiger partial charge in [-0.05, 0) is 68.7 Å². The van der Waals surface area contributed by atoms with E-state index in [-0.39, 0.29) is 11.8 Å². The van der Waals surface area contributed by atoms with Crippen molar-refractivity contribution in [1.29, 1.82) is 0 Å². The topological polar surface area (TPSA) is 104 Å². The highest BCUT2D eigenvalue weighted by Gasteiger charge is 2.43. The largest absolute Gasteiger partial charge is 0.481 e. The summed E-state index contributed by atoms with van der Waals surface area (Å²) in [6, 6.07) is 27.1. The van der Waals surface area contributed by atoms with E-state index >= 15 is 0 Å². The van der Waals surface area contributed by atoms with Crippen molar-refractivity contribution in [1.82, 2.24) is 9.80 Å². The van der Waals surface area contributed by atoms with Gasteiger partial charge in [0.2, 0.25) is 11.8 Å². The first-order valence-electron chi connectivity index (χ1n) is 15.3. The molecule has 1 heterocycles. The number of nitrogens with two attached hydrogens (primary N) is 1. The van der Waals surface area contributed by atoms with Crippen molar-refractivity contribution >= 4 is 17.8 Å². The Morgan fingerprint density at radius 3 is 2.00 bits per heavy atom. The minimum absolute atomic E-state index is 0.170. The number of hydrogen-bond acceptors (Lipinski definition) is 4. The third-order valence-electron chi connectivity index (χ3n) is 8.57. The highest BCUT2D eigenvalue weighted by atomic mass is 16.4. The lowest BCUT2D eigenvalue weighted by Gasteiger charge is -2.41. The van der Waals surface area contributed by atoms with Crippen molar-refractivity contribution in [3.63, 3.8) is 0 Å². The van der Waals surface area contributed by atoms with Crippen molar-refractivity contribution in [2.45, 2.75) is 64.5 Å². The fraction of sp³-hybridized carbons (Fsp3) is 0.378. The Labute approximate surface area is 261 Å². The van der Waals surface area contributed by atoms with E-state index in [2.05, 4.69) is 12.1 Å². The van der Waals surface area contributed by atoms with Gasteiger partial charge in [0, 0.05) is 38.2 Å². The lowest BCUT2D eigenvalue weighted by atomic mass is 9.73. The molecular weight excluding hydrogens is 550 g/mol. The Balaban J connectivity index is 1.55. The Morgan fingerprint density at radius 1 is 0.909 bits per heavy atom. The average molecular weight is 596 g/mol. The third kappa shape index (κ3) is 8.44. The van der Waals surface area contributed by atoms with Gasteiger partial charge in [-0.2, -0.15) is 0 Å². The molecule has 0 aliphatic carbocycles. The number of carboxylic acid groups (broad SMARTS) is 1. The van der Waals surface area contributed by atoms with Gasteiger partial charge in [0.15, 0.2) is 0 Å². The molecule has 3 aromatic rings. The summed E-state index contributed by atoms with van der Waals surface area (Å²) in [6.07, 6.45) is 3.58. The van der Waals surface area contributed by atoms with Gasteiger partial charge in [-0.15, -0.1) is 0 Å². The second-order valence-electron chi connectivity index (χ2n) is 13.0. The zero-order valence-corrected chi connectivity index (χ0v) is 26.3. The zero-order chi connectivity index (χ0) is 31.9. The predicted octanol–water partition coefficient (Wildman–Crippen LogP) is 5.73. The number of nitrogens with zero attached hydrogens (tertiary/aromatic N) is 2. The van der Waals surface area contributed by atoms with Crippen LogP contribution in [0.3, 0.4) is 0 Å². The van der Waals surface area contributed by atoms with E-state index in [0.717, 1.165) is 27.8 Å². The number of carboxylic acids is 1. The minimum Gasteiger partial charge on any atom is -0.481 e. The summed E-state index contributed by atoms with van der Waals surface area (Å²) >= 11 is 0. The Morgan fingerprint density at radius 2 is 1.45 bits per heavy atom. The molecule has 7 heteroatoms. The van der Waals surface area contributed by atoms with Gasteiger partial charge in [0.25, 0.3) is 0 Å². The number of amides is 2. The predicted molar refractivity (Wildman–Crippen MR) is 175 cm³/mol. The quantitative estimate of drug-likeness (QED) is 0.276. The van der Waals surface area contributed by atoms with Gasteiger partial charge in [0.1, 0.15) is 6.04 Å². The Hall–Kier alpha value is -4.23. The summed E-state index contributed by atoms with van der Waals surface area (Å²) in [5.74, 6) is -1.26. The fourth-order valence-electron chi connectivity index (χ4n) is 6.13. The second-order valence-corrected chi connectivity index (χ2v) is 13.0. The van der Waals surface area contributed by atoms with E-state index in [1.807, 2.05) is 93.6 Å². The summed E-state index contributed by atoms with van der Waals surface area (Å²) < 4.78 is 0. The average Bonchev–Trinajstić information content (AvgIpc) is 2.99. The molecule has 0 radical (unpaired) electrons. The molecule has 2 amide bonds. The van der Waals surface area contributed by atoms with Crippen LogP contribution >= 0.6 is 0 Å². The monoisotopic (exact) mass is 595 g/mol. The molecule has 1 atom stereocenters. The van der Waals surface area contributed by atoms with Crippen LogP contribution in [0.5, 0.6) is 0 Å². The molecule has 232 valence electrons. The van der Waals surface area contributed by atoms with Crippen LogP contribution in [-0.4, -0.2) is 64.4 Å². The number of benzene rings is 3. The number of piperidine rings is 1. The molecule has 4 rings (SSSR count). The van der Waals surface area contributed by atoms with E-state index in [0.29, 0.717) is 45.2 Å². The van der Waals surface area contributed by atoms with Crippen LogP contribution in [-0.2, 0) is 27.2 Å². The molecule has 0 bridgehead atoms. The number of aliphatic carboxylic acids is 1. The standard InChI is InChI=1S/C37H45N3O4/c1-27(25-36(2,3)38)23-33(41)39(4)32(24-28-15-17-31(18-16-28)30-13-9-6-10-14-30)34(42)40-21-19-37(20-22-40,35(43)44)26-29-11-7-5-8-12-29/h5-18,23,32H,19-22,24-26,38H2,1-4H3,(H,43,44)/b27-23+/t32-/m1/s1. The van der Waals surface area contributed by atoms with Crippen LogP contribution in [0.4, 0.5) is 0 Å². The molecule has 0 unspecified atom stereocenters. The van der Waals surface area contributed by atoms with E-state index in [4.69, 9.17) is 5.73 Å². The zero-order valence-electron chi connectivity index (χ0n) is 26.3. The molecule has 1 aliphatic rings. The maximum absolute atomic E-state index is 14.1. The lowest BCUT2D eigenvalue weighted by molar-refractivity contribution is -0.155. The molecule has 1 aliphatic heterocycles. The highest BCUT2D eigenvalue weighted by Crippen LogP contribution is 2.36. The van der Waals surface area contributed by atoms with Crippen LogP contribution < -0.4 is 5.73 Å². The van der Waals surface area contributed by atoms with Crippen molar-refractivity contribution in [3.8, 4) is 11.1 Å². The van der Waals surface area contributed by atoms with Gasteiger partial charge in [-0.3, -0.25) is 14.4 Å². The summed E-state index contributed by atoms with van der Waals surface area (Å²) in [5, 5.41) is 10.2. The molecule has 1 fully saturated rings. The molecule has 3 N–H and O–H groups in total. The molecule has 44 heavy (non-hydrogen) atoms. The number of hydrogen-bond donors (Lipinski definition) is 2. The third-order valence-corrected chi connectivity index (χ3v) is 8.57. The number of rotatable bonds is 11. The highest BCUT2D eigenvalue weighted by molar-refractivity contribution is 5.93. The summed E-state index contributed by atoms with van der Waals surface area (Å²) in [5.41, 5.74) is 9.71. The van der Waals surface area contributed by atoms with Crippen LogP contribution in [0.2, 0.25) is 0 Å². The normalized spacial score (nSPS) is 15.8. The van der Waals surface area contributed by atoms with E-state index in [9.17, 15) is 19.5 Å². The molecule has 3 aromatic carbocycles. The number of carbonyl (C=O) groups is 3. The van der Waals surface area contributed by atoms with Gasteiger partial charge < -0.3 is 20.6 Å². The Kier molecular flexibility index (Phi) is 10.4. The first-order valence-corrected chi connectivity index (χ1v) is 15.3. The maximum Gasteiger partial charge on any atom is 0.310 e. The molecular formula is C37H45N3O4. The number of likely N-dealkylation sites (tertiary alicyclic amines) is 1. The summed E-state index contributed by atoms with van der Waals surface area (Å²) in [7, 11) is 1.67. The smallest absolute Gasteiger partial charge is 0.310 e. The Bertz CT molecular complexity index is 1450. The second kappa shape index (κ2) is 14.0. The molecule has 1 saturated heterocycles.